The van der Waals surface area contributed by atoms with E-state index in [0.717, 1.165) is 23.3 Å². The van der Waals surface area contributed by atoms with Gasteiger partial charge in [-0.1, -0.05) is 30.3 Å². The SMILES string of the molecule is CC(=O)N1CCCN(Cc2ccccc2)CCN(C(=O)c2ccc(Cn3cc(C)cn3)o2)Cc2cc(F)c(F)cc21. The molecule has 0 saturated heterocycles. The average molecular weight is 562 g/mol. The first kappa shape index (κ1) is 28.2. The molecule has 0 spiro atoms. The summed E-state index contributed by atoms with van der Waals surface area (Å²) in [5.41, 5.74) is 2.75. The lowest BCUT2D eigenvalue weighted by molar-refractivity contribution is -0.116. The number of hydrogen-bond acceptors (Lipinski definition) is 5. The number of rotatable bonds is 5. The Labute approximate surface area is 237 Å². The van der Waals surface area contributed by atoms with E-state index in [1.54, 1.807) is 27.9 Å². The number of anilines is 1. The number of fused-ring (bicyclic) bond motifs is 1. The molecule has 0 fully saturated rings. The van der Waals surface area contributed by atoms with E-state index >= 15 is 0 Å². The lowest BCUT2D eigenvalue weighted by atomic mass is 10.1. The Morgan fingerprint density at radius 2 is 1.73 bits per heavy atom. The third kappa shape index (κ3) is 6.89. The highest BCUT2D eigenvalue weighted by Crippen LogP contribution is 2.28. The summed E-state index contributed by atoms with van der Waals surface area (Å²) in [7, 11) is 0. The molecule has 0 N–H and O–H groups in total. The summed E-state index contributed by atoms with van der Waals surface area (Å²) in [6.07, 6.45) is 4.24. The lowest BCUT2D eigenvalue weighted by Crippen LogP contribution is -2.38. The minimum absolute atomic E-state index is 0.0251. The normalized spacial score (nSPS) is 14.9. The lowest BCUT2D eigenvalue weighted by Gasteiger charge is -2.27. The number of benzene rings is 2. The molecule has 0 bridgehead atoms. The smallest absolute Gasteiger partial charge is 0.289 e. The number of aromatic nitrogens is 2. The summed E-state index contributed by atoms with van der Waals surface area (Å²) in [6.45, 7) is 6.19. The van der Waals surface area contributed by atoms with Crippen LogP contribution in [0.25, 0.3) is 0 Å². The number of furan rings is 1. The molecule has 2 aromatic carbocycles. The van der Waals surface area contributed by atoms with Crippen LogP contribution in [0.5, 0.6) is 0 Å². The zero-order valence-electron chi connectivity index (χ0n) is 23.2. The van der Waals surface area contributed by atoms with E-state index in [-0.39, 0.29) is 29.8 Å². The maximum atomic E-state index is 14.5. The van der Waals surface area contributed by atoms with Gasteiger partial charge in [-0.05, 0) is 48.2 Å². The van der Waals surface area contributed by atoms with Gasteiger partial charge in [0.2, 0.25) is 5.91 Å². The molecule has 1 aliphatic rings. The van der Waals surface area contributed by atoms with Gasteiger partial charge >= 0.3 is 0 Å². The van der Waals surface area contributed by atoms with Crippen molar-refractivity contribution in [3.8, 4) is 0 Å². The third-order valence-corrected chi connectivity index (χ3v) is 7.18. The first-order valence-corrected chi connectivity index (χ1v) is 13.7. The first-order valence-electron chi connectivity index (χ1n) is 13.7. The van der Waals surface area contributed by atoms with Crippen LogP contribution in [0.4, 0.5) is 14.5 Å². The molecule has 2 amide bonds. The third-order valence-electron chi connectivity index (χ3n) is 7.18. The van der Waals surface area contributed by atoms with Gasteiger partial charge in [-0.2, -0.15) is 5.10 Å². The molecule has 3 heterocycles. The maximum Gasteiger partial charge on any atom is 0.289 e. The summed E-state index contributed by atoms with van der Waals surface area (Å²) < 4.78 is 36.5. The summed E-state index contributed by atoms with van der Waals surface area (Å²) in [4.78, 5) is 31.7. The molecule has 0 atom stereocenters. The fourth-order valence-corrected chi connectivity index (χ4v) is 5.13. The van der Waals surface area contributed by atoms with Crippen molar-refractivity contribution in [1.29, 1.82) is 0 Å². The van der Waals surface area contributed by atoms with Gasteiger partial charge in [0.15, 0.2) is 17.4 Å². The van der Waals surface area contributed by atoms with Gasteiger partial charge < -0.3 is 14.2 Å². The van der Waals surface area contributed by atoms with Gasteiger partial charge in [0, 0.05) is 58.5 Å². The average Bonchev–Trinajstić information content (AvgIpc) is 3.58. The molecular weight excluding hydrogens is 528 g/mol. The zero-order valence-corrected chi connectivity index (χ0v) is 23.2. The van der Waals surface area contributed by atoms with E-state index in [1.165, 1.54) is 11.8 Å². The van der Waals surface area contributed by atoms with Crippen molar-refractivity contribution in [3.05, 3.63) is 107 Å². The van der Waals surface area contributed by atoms with Crippen LogP contribution in [0.15, 0.2) is 71.4 Å². The fourth-order valence-electron chi connectivity index (χ4n) is 5.13. The Balaban J connectivity index is 1.46. The van der Waals surface area contributed by atoms with Crippen molar-refractivity contribution in [2.45, 2.75) is 39.9 Å². The summed E-state index contributed by atoms with van der Waals surface area (Å²) in [5.74, 6) is -2.03. The van der Waals surface area contributed by atoms with Crippen LogP contribution in [0.2, 0.25) is 0 Å². The van der Waals surface area contributed by atoms with Crippen LogP contribution in [0.3, 0.4) is 0 Å². The number of hydrogen-bond donors (Lipinski definition) is 0. The van der Waals surface area contributed by atoms with Crippen molar-refractivity contribution in [1.82, 2.24) is 19.6 Å². The van der Waals surface area contributed by atoms with Crippen LogP contribution in [-0.2, 0) is 24.4 Å². The van der Waals surface area contributed by atoms with Crippen LogP contribution in [0, 0.1) is 18.6 Å². The van der Waals surface area contributed by atoms with E-state index in [9.17, 15) is 18.4 Å². The Kier molecular flexibility index (Phi) is 8.58. The summed E-state index contributed by atoms with van der Waals surface area (Å²) >= 11 is 0. The number of amides is 2. The number of nitrogens with zero attached hydrogens (tertiary/aromatic N) is 5. The van der Waals surface area contributed by atoms with Crippen LogP contribution < -0.4 is 4.90 Å². The number of carbonyl (C=O) groups is 2. The maximum absolute atomic E-state index is 14.5. The predicted octanol–water partition coefficient (Wildman–Crippen LogP) is 5.01. The molecule has 214 valence electrons. The quantitative estimate of drug-likeness (QED) is 0.343. The molecule has 4 aromatic rings. The van der Waals surface area contributed by atoms with Crippen molar-refractivity contribution < 1.29 is 22.8 Å². The fraction of sp³-hybridized carbons (Fsp3) is 0.323. The van der Waals surface area contributed by atoms with E-state index in [2.05, 4.69) is 10.00 Å². The monoisotopic (exact) mass is 561 g/mol. The Morgan fingerprint density at radius 3 is 2.46 bits per heavy atom. The van der Waals surface area contributed by atoms with Gasteiger partial charge in [-0.25, -0.2) is 8.78 Å². The summed E-state index contributed by atoms with van der Waals surface area (Å²) in [6, 6.07) is 15.5. The Hall–Kier alpha value is -4.31. The second-order valence-corrected chi connectivity index (χ2v) is 10.4. The predicted molar refractivity (Wildman–Crippen MR) is 150 cm³/mol. The molecule has 1 aliphatic heterocycles. The van der Waals surface area contributed by atoms with Gasteiger partial charge in [0.25, 0.3) is 5.91 Å². The molecule has 0 radical (unpaired) electrons. The highest BCUT2D eigenvalue weighted by molar-refractivity contribution is 5.93. The van der Waals surface area contributed by atoms with E-state index < -0.39 is 11.6 Å². The van der Waals surface area contributed by atoms with Crippen molar-refractivity contribution >= 4 is 17.5 Å². The first-order chi connectivity index (χ1) is 19.8. The molecule has 0 unspecified atom stereocenters. The highest BCUT2D eigenvalue weighted by atomic mass is 19.2. The molecular formula is C31H33F2N5O3. The number of aryl methyl sites for hydroxylation is 1. The Bertz CT molecular complexity index is 1520. The van der Waals surface area contributed by atoms with Crippen LogP contribution in [-0.4, -0.2) is 57.6 Å². The molecule has 8 nitrogen and oxygen atoms in total. The molecule has 2 aromatic heterocycles. The van der Waals surface area contributed by atoms with E-state index in [0.29, 0.717) is 57.0 Å². The van der Waals surface area contributed by atoms with Gasteiger partial charge in [0.1, 0.15) is 5.76 Å². The van der Waals surface area contributed by atoms with Crippen molar-refractivity contribution in [3.63, 3.8) is 0 Å². The minimum atomic E-state index is -1.04. The highest BCUT2D eigenvalue weighted by Gasteiger charge is 2.26. The molecule has 10 heteroatoms. The molecule has 5 rings (SSSR count). The van der Waals surface area contributed by atoms with Gasteiger partial charge in [-0.15, -0.1) is 0 Å². The molecule has 0 saturated carbocycles. The minimum Gasteiger partial charge on any atom is -0.454 e. The van der Waals surface area contributed by atoms with Crippen LogP contribution in [0.1, 0.15) is 46.3 Å². The Morgan fingerprint density at radius 1 is 0.951 bits per heavy atom. The second-order valence-electron chi connectivity index (χ2n) is 10.4. The summed E-state index contributed by atoms with van der Waals surface area (Å²) in [5, 5.41) is 4.27. The standard InChI is InChI=1S/C31H33F2N5O3/c1-22-17-34-37(18-22)21-26-9-10-30(41-26)31(40)36-14-13-35(19-24-7-4-3-5-8-24)11-6-12-38(23(2)39)29-16-28(33)27(32)15-25(29)20-36/h3-5,7-10,15-18H,6,11-14,19-21H2,1-2H3. The van der Waals surface area contributed by atoms with Crippen molar-refractivity contribution in [2.24, 2.45) is 0 Å². The zero-order chi connectivity index (χ0) is 28.9. The second kappa shape index (κ2) is 12.5. The topological polar surface area (TPSA) is 74.8 Å². The largest absolute Gasteiger partial charge is 0.454 e. The number of carbonyl (C=O) groups excluding carboxylic acids is 2. The molecule has 41 heavy (non-hydrogen) atoms. The molecule has 0 aliphatic carbocycles. The van der Waals surface area contributed by atoms with E-state index in [4.69, 9.17) is 4.42 Å². The van der Waals surface area contributed by atoms with Crippen LogP contribution >= 0.6 is 0 Å². The van der Waals surface area contributed by atoms with Crippen molar-refractivity contribution in [2.75, 3.05) is 31.1 Å². The van der Waals surface area contributed by atoms with Gasteiger partial charge in [0.05, 0.1) is 18.4 Å². The number of halogens is 2. The van der Waals surface area contributed by atoms with E-state index in [1.807, 2.05) is 43.5 Å². The van der Waals surface area contributed by atoms with Gasteiger partial charge in [-0.3, -0.25) is 19.2 Å².